The van der Waals surface area contributed by atoms with Crippen LogP contribution >= 0.6 is 15.9 Å². The van der Waals surface area contributed by atoms with Crippen molar-refractivity contribution in [3.8, 4) is 0 Å². The first-order chi connectivity index (χ1) is 10.8. The second kappa shape index (κ2) is 5.01. The fourth-order valence-corrected chi connectivity index (χ4v) is 7.07. The molecule has 0 heterocycles. The molecule has 23 heavy (non-hydrogen) atoms. The van der Waals surface area contributed by atoms with E-state index in [4.69, 9.17) is 0 Å². The zero-order chi connectivity index (χ0) is 16.6. The van der Waals surface area contributed by atoms with Gasteiger partial charge in [-0.25, -0.2) is 0 Å². The predicted molar refractivity (Wildman–Crippen MR) is 91.2 cm³/mol. The van der Waals surface area contributed by atoms with Crippen LogP contribution < -0.4 is 0 Å². The minimum atomic E-state index is -0.332. The van der Waals surface area contributed by atoms with E-state index in [-0.39, 0.29) is 39.4 Å². The molecule has 3 nitrogen and oxygen atoms in total. The molecule has 4 heteroatoms. The topological polar surface area (TPSA) is 54.4 Å². The number of halogens is 1. The molecule has 4 aliphatic carbocycles. The number of carbonyl (C=O) groups is 2. The number of alkyl halides is 1. The number of hydrogen-bond donors (Lipinski definition) is 1. The Morgan fingerprint density at radius 3 is 2.57 bits per heavy atom. The maximum absolute atomic E-state index is 12.9. The van der Waals surface area contributed by atoms with Gasteiger partial charge in [-0.3, -0.25) is 9.59 Å². The molecule has 0 radical (unpaired) electrons. The van der Waals surface area contributed by atoms with Crippen molar-refractivity contribution in [1.29, 1.82) is 0 Å². The molecule has 0 amide bonds. The molecule has 0 saturated heterocycles. The highest BCUT2D eigenvalue weighted by Crippen LogP contribution is 2.63. The fourth-order valence-electron chi connectivity index (χ4n) is 6.14. The first-order valence-electron chi connectivity index (χ1n) is 8.89. The van der Waals surface area contributed by atoms with Gasteiger partial charge in [-0.1, -0.05) is 35.4 Å². The lowest BCUT2D eigenvalue weighted by molar-refractivity contribution is -0.139. The van der Waals surface area contributed by atoms with Crippen LogP contribution in [0, 0.1) is 28.6 Å². The number of ketones is 2. The van der Waals surface area contributed by atoms with Gasteiger partial charge in [0.1, 0.15) is 0 Å². The minimum Gasteiger partial charge on any atom is -0.393 e. The molecule has 4 aliphatic rings. The number of fused-ring (bicyclic) bond motifs is 5. The lowest BCUT2D eigenvalue weighted by atomic mass is 9.48. The van der Waals surface area contributed by atoms with Gasteiger partial charge in [-0.05, 0) is 61.9 Å². The number of hydrogen-bond acceptors (Lipinski definition) is 3. The minimum absolute atomic E-state index is 0.00996. The van der Waals surface area contributed by atoms with Gasteiger partial charge in [0.05, 0.1) is 10.9 Å². The van der Waals surface area contributed by atoms with Crippen molar-refractivity contribution in [1.82, 2.24) is 0 Å². The molecule has 0 aromatic heterocycles. The predicted octanol–water partition coefficient (Wildman–Crippen LogP) is 3.43. The highest BCUT2D eigenvalue weighted by molar-refractivity contribution is 9.10. The Kier molecular flexibility index (Phi) is 3.49. The molecule has 0 bridgehead atoms. The standard InChI is InChI=1S/C19H25BrO3/c1-18-5-3-11(21)7-10(18)8-15(22)16-12(18)4-6-19(2)13(16)9-14(20)17(19)23/h8,11-14,16,21H,3-7,9H2,1-2H3/t11-,12-,13-,14+,16+,18-,19-/m0/s1. The summed E-state index contributed by atoms with van der Waals surface area (Å²) >= 11 is 3.55. The van der Waals surface area contributed by atoms with Crippen LogP contribution in [-0.2, 0) is 9.59 Å². The van der Waals surface area contributed by atoms with E-state index < -0.39 is 0 Å². The van der Waals surface area contributed by atoms with Crippen molar-refractivity contribution in [2.24, 2.45) is 28.6 Å². The molecule has 0 unspecified atom stereocenters. The summed E-state index contributed by atoms with van der Waals surface area (Å²) in [5.41, 5.74) is 0.860. The third-order valence-electron chi connectivity index (χ3n) is 7.62. The lowest BCUT2D eigenvalue weighted by Gasteiger charge is -2.55. The number of aliphatic hydroxyl groups excluding tert-OH is 1. The summed E-state index contributed by atoms with van der Waals surface area (Å²) < 4.78 is 0. The van der Waals surface area contributed by atoms with Crippen LogP contribution in [0.3, 0.4) is 0 Å². The molecule has 0 aliphatic heterocycles. The summed E-state index contributed by atoms with van der Waals surface area (Å²) in [7, 11) is 0. The van der Waals surface area contributed by atoms with Crippen LogP contribution in [0.4, 0.5) is 0 Å². The summed E-state index contributed by atoms with van der Waals surface area (Å²) in [6.45, 7) is 4.37. The van der Waals surface area contributed by atoms with Crippen LogP contribution in [0.2, 0.25) is 0 Å². The van der Waals surface area contributed by atoms with Gasteiger partial charge in [0, 0.05) is 11.3 Å². The molecule has 3 saturated carbocycles. The number of allylic oxidation sites excluding steroid dienone is 1. The van der Waals surface area contributed by atoms with Gasteiger partial charge < -0.3 is 5.11 Å². The number of rotatable bonds is 0. The van der Waals surface area contributed by atoms with Crippen LogP contribution in [0.25, 0.3) is 0 Å². The smallest absolute Gasteiger partial charge is 0.159 e. The SMILES string of the molecule is C[C@]12CC[C@H](O)CC1=CC(=O)[C@@H]1[C@@H]2CC[C@]2(C)C(=O)[C@H](Br)C[C@@H]12. The van der Waals surface area contributed by atoms with E-state index in [0.717, 1.165) is 37.7 Å². The first kappa shape index (κ1) is 16.0. The largest absolute Gasteiger partial charge is 0.393 e. The summed E-state index contributed by atoms with van der Waals surface area (Å²) in [6.07, 6.45) is 6.62. The Bertz CT molecular complexity index is 612. The van der Waals surface area contributed by atoms with Crippen molar-refractivity contribution in [2.75, 3.05) is 0 Å². The zero-order valence-electron chi connectivity index (χ0n) is 13.8. The number of carbonyl (C=O) groups excluding carboxylic acids is 2. The third kappa shape index (κ3) is 2.03. The molecule has 0 aromatic rings. The molecule has 7 atom stereocenters. The third-order valence-corrected chi connectivity index (χ3v) is 8.41. The van der Waals surface area contributed by atoms with Crippen molar-refractivity contribution in [2.45, 2.75) is 63.3 Å². The average Bonchev–Trinajstić information content (AvgIpc) is 2.73. The Morgan fingerprint density at radius 2 is 1.83 bits per heavy atom. The summed E-state index contributed by atoms with van der Waals surface area (Å²) in [5.74, 6) is 1.01. The van der Waals surface area contributed by atoms with Crippen LogP contribution in [0.15, 0.2) is 11.6 Å². The highest BCUT2D eigenvalue weighted by Gasteiger charge is 2.62. The maximum Gasteiger partial charge on any atom is 0.159 e. The molecule has 0 spiro atoms. The van der Waals surface area contributed by atoms with Gasteiger partial charge in [0.15, 0.2) is 11.6 Å². The van der Waals surface area contributed by atoms with Crippen LogP contribution in [-0.4, -0.2) is 27.6 Å². The average molecular weight is 381 g/mol. The van der Waals surface area contributed by atoms with Crippen molar-refractivity contribution < 1.29 is 14.7 Å². The van der Waals surface area contributed by atoms with Crippen LogP contribution in [0.1, 0.15) is 52.4 Å². The Balaban J connectivity index is 1.76. The first-order valence-corrected chi connectivity index (χ1v) is 9.80. The number of Topliss-reactive ketones (excluding diaryl/α,β-unsaturated/α-hetero) is 1. The number of aliphatic hydroxyl groups is 1. The molecule has 1 N–H and O–H groups in total. The van der Waals surface area contributed by atoms with Crippen molar-refractivity contribution >= 4 is 27.5 Å². The zero-order valence-corrected chi connectivity index (χ0v) is 15.4. The molecular formula is C19H25BrO3. The van der Waals surface area contributed by atoms with Crippen molar-refractivity contribution in [3.05, 3.63) is 11.6 Å². The van der Waals surface area contributed by atoms with Gasteiger partial charge in [0.25, 0.3) is 0 Å². The summed E-state index contributed by atoms with van der Waals surface area (Å²) in [6, 6.07) is 0. The van der Waals surface area contributed by atoms with Crippen LogP contribution in [0.5, 0.6) is 0 Å². The molecule has 4 rings (SSSR count). The quantitative estimate of drug-likeness (QED) is 0.654. The van der Waals surface area contributed by atoms with Gasteiger partial charge in [0.2, 0.25) is 0 Å². The molecular weight excluding hydrogens is 356 g/mol. The second-order valence-electron chi connectivity index (χ2n) is 8.65. The molecule has 126 valence electrons. The fraction of sp³-hybridized carbons (Fsp3) is 0.789. The van der Waals surface area contributed by atoms with Crippen molar-refractivity contribution in [3.63, 3.8) is 0 Å². The van der Waals surface area contributed by atoms with E-state index in [1.54, 1.807) is 0 Å². The Morgan fingerprint density at radius 1 is 1.13 bits per heavy atom. The lowest BCUT2D eigenvalue weighted by Crippen LogP contribution is -2.53. The molecule has 0 aromatic carbocycles. The van der Waals surface area contributed by atoms with Gasteiger partial charge >= 0.3 is 0 Å². The summed E-state index contributed by atoms with van der Waals surface area (Å²) in [4.78, 5) is 25.5. The van der Waals surface area contributed by atoms with E-state index in [0.29, 0.717) is 18.1 Å². The Hall–Kier alpha value is -0.480. The normalized spacial score (nSPS) is 52.5. The Labute approximate surface area is 146 Å². The van der Waals surface area contributed by atoms with E-state index >= 15 is 0 Å². The monoisotopic (exact) mass is 380 g/mol. The van der Waals surface area contributed by atoms with Gasteiger partial charge in [-0.15, -0.1) is 0 Å². The van der Waals surface area contributed by atoms with E-state index in [9.17, 15) is 14.7 Å². The van der Waals surface area contributed by atoms with Gasteiger partial charge in [-0.2, -0.15) is 0 Å². The van der Waals surface area contributed by atoms with E-state index in [2.05, 4.69) is 29.8 Å². The van der Waals surface area contributed by atoms with E-state index in [1.165, 1.54) is 0 Å². The maximum atomic E-state index is 12.9. The van der Waals surface area contributed by atoms with E-state index in [1.807, 2.05) is 6.08 Å². The highest BCUT2D eigenvalue weighted by atomic mass is 79.9. The summed E-state index contributed by atoms with van der Waals surface area (Å²) in [5, 5.41) is 10.0. The second-order valence-corrected chi connectivity index (χ2v) is 9.75. The molecule has 3 fully saturated rings.